The predicted octanol–water partition coefficient (Wildman–Crippen LogP) is 1.25. The lowest BCUT2D eigenvalue weighted by Gasteiger charge is -2.45. The van der Waals surface area contributed by atoms with Gasteiger partial charge in [-0.2, -0.15) is 0 Å². The number of ketones is 3. The van der Waals surface area contributed by atoms with Crippen LogP contribution in [0.25, 0.3) is 10.8 Å². The summed E-state index contributed by atoms with van der Waals surface area (Å²) in [5.74, 6) is -11.0. The maximum Gasteiger partial charge on any atom is 0.235 e. The summed E-state index contributed by atoms with van der Waals surface area (Å²) < 4.78 is 0. The number of aliphatic hydroxyl groups excluding tert-OH is 1. The van der Waals surface area contributed by atoms with E-state index in [0.717, 1.165) is 6.42 Å². The zero-order valence-electron chi connectivity index (χ0n) is 19.5. The Labute approximate surface area is 200 Å². The van der Waals surface area contributed by atoms with E-state index in [1.54, 1.807) is 6.07 Å². The van der Waals surface area contributed by atoms with Crippen LogP contribution in [0.15, 0.2) is 12.1 Å². The van der Waals surface area contributed by atoms with Crippen molar-refractivity contribution >= 4 is 34.0 Å². The fourth-order valence-electron chi connectivity index (χ4n) is 5.70. The maximum absolute atomic E-state index is 13.5. The fourth-order valence-corrected chi connectivity index (χ4v) is 5.70. The molecule has 35 heavy (non-hydrogen) atoms. The molecule has 2 aliphatic rings. The van der Waals surface area contributed by atoms with Crippen LogP contribution >= 0.6 is 0 Å². The van der Waals surface area contributed by atoms with E-state index < -0.39 is 87.0 Å². The van der Waals surface area contributed by atoms with Gasteiger partial charge in [-0.3, -0.25) is 19.2 Å². The summed E-state index contributed by atoms with van der Waals surface area (Å²) >= 11 is 0. The second-order valence-electron chi connectivity index (χ2n) is 10.0. The largest absolute Gasteiger partial charge is 0.507 e. The van der Waals surface area contributed by atoms with Crippen molar-refractivity contribution in [2.75, 3.05) is 0 Å². The van der Waals surface area contributed by atoms with Gasteiger partial charge in [0.05, 0.1) is 17.1 Å². The zero-order chi connectivity index (χ0) is 26.2. The molecule has 1 unspecified atom stereocenters. The van der Waals surface area contributed by atoms with E-state index in [1.807, 2.05) is 20.8 Å². The summed E-state index contributed by atoms with van der Waals surface area (Å²) in [5, 5.41) is 55.1. The lowest BCUT2D eigenvalue weighted by molar-refractivity contribution is -0.163. The summed E-state index contributed by atoms with van der Waals surface area (Å²) in [6, 6.07) is 2.99. The second-order valence-corrected chi connectivity index (χ2v) is 10.0. The van der Waals surface area contributed by atoms with Crippen molar-refractivity contribution < 1.29 is 44.7 Å². The molecule has 1 amide bonds. The van der Waals surface area contributed by atoms with Gasteiger partial charge in [-0.1, -0.05) is 33.3 Å². The molecular weight excluding hydrogens is 458 g/mol. The maximum atomic E-state index is 13.5. The predicted molar refractivity (Wildman–Crippen MR) is 122 cm³/mol. The van der Waals surface area contributed by atoms with E-state index in [9.17, 15) is 44.7 Å². The van der Waals surface area contributed by atoms with Crippen molar-refractivity contribution in [3.8, 4) is 17.2 Å². The first-order chi connectivity index (χ1) is 16.2. The van der Waals surface area contributed by atoms with Crippen molar-refractivity contribution in [3.63, 3.8) is 0 Å². The van der Waals surface area contributed by atoms with Gasteiger partial charge in [-0.15, -0.1) is 0 Å². The topological polar surface area (TPSA) is 195 Å². The van der Waals surface area contributed by atoms with Gasteiger partial charge in [0.25, 0.3) is 0 Å². The van der Waals surface area contributed by atoms with Gasteiger partial charge in [0.1, 0.15) is 17.2 Å². The van der Waals surface area contributed by atoms with Crippen LogP contribution in [0.1, 0.15) is 67.6 Å². The van der Waals surface area contributed by atoms with Crippen molar-refractivity contribution in [1.29, 1.82) is 0 Å². The summed E-state index contributed by atoms with van der Waals surface area (Å²) in [4.78, 5) is 50.6. The molecule has 1 fully saturated rings. The van der Waals surface area contributed by atoms with E-state index in [1.165, 1.54) is 6.07 Å². The molecule has 0 saturated heterocycles. The molecule has 186 valence electrons. The smallest absolute Gasteiger partial charge is 0.235 e. The number of primary amides is 1. The third kappa shape index (κ3) is 3.09. The Morgan fingerprint density at radius 3 is 2.31 bits per heavy atom. The molecule has 0 heterocycles. The molecule has 4 atom stereocenters. The zero-order valence-corrected chi connectivity index (χ0v) is 19.5. The summed E-state index contributed by atoms with van der Waals surface area (Å²) in [7, 11) is 0. The molecule has 0 aliphatic heterocycles. The number of phenolic OH excluding ortho intramolecular Hbond substituents is 3. The molecule has 0 bridgehead atoms. The van der Waals surface area contributed by atoms with Crippen molar-refractivity contribution in [3.05, 3.63) is 28.8 Å². The van der Waals surface area contributed by atoms with Gasteiger partial charge in [0, 0.05) is 28.9 Å². The number of nitrogens with two attached hydrogens (primary N) is 1. The Bertz CT molecular complexity index is 1330. The molecule has 0 spiro atoms. The molecule has 2 aromatic rings. The van der Waals surface area contributed by atoms with Crippen LogP contribution < -0.4 is 5.73 Å². The van der Waals surface area contributed by atoms with E-state index in [4.69, 9.17) is 5.73 Å². The average molecular weight is 485 g/mol. The first kappa shape index (κ1) is 24.6. The molecule has 7 N–H and O–H groups in total. The number of amides is 1. The van der Waals surface area contributed by atoms with Gasteiger partial charge in [0.2, 0.25) is 11.7 Å². The number of fused-ring (bicyclic) bond motifs is 3. The first-order valence-corrected chi connectivity index (χ1v) is 11.3. The minimum Gasteiger partial charge on any atom is -0.507 e. The van der Waals surface area contributed by atoms with Crippen LogP contribution in [0.4, 0.5) is 0 Å². The Kier molecular flexibility index (Phi) is 5.46. The lowest BCUT2D eigenvalue weighted by Crippen LogP contribution is -2.65. The molecule has 2 aliphatic carbocycles. The number of aliphatic hydroxyl groups is 2. The van der Waals surface area contributed by atoms with Crippen LogP contribution in [0.3, 0.4) is 0 Å². The Morgan fingerprint density at radius 1 is 1.11 bits per heavy atom. The number of carbonyl (C=O) groups excluding carboxylic acids is 4. The summed E-state index contributed by atoms with van der Waals surface area (Å²) in [6.07, 6.45) is -1.22. The Morgan fingerprint density at radius 2 is 1.74 bits per heavy atom. The molecule has 10 heteroatoms. The standard InChI is InChI=1S/C25H27NO9/c1-4-7-24(2,3)10-6-5-9-13(18(10)29)20(31)16-15(17(9)28)19(30)11-8-12(27)14(23(26)34)21(32)25(11,35)22(16)33/h5-6,11,14,19,28-31,35H,4,7-8H2,1-3H3,(H2,26,34)/t11-,14?,19-,25-/m1/s1. The van der Waals surface area contributed by atoms with Gasteiger partial charge < -0.3 is 31.3 Å². The molecule has 0 radical (unpaired) electrons. The minimum absolute atomic E-state index is 0.0736. The number of phenols is 3. The summed E-state index contributed by atoms with van der Waals surface area (Å²) in [5.41, 5.74) is 0.724. The van der Waals surface area contributed by atoms with Crippen molar-refractivity contribution in [2.45, 2.75) is 57.2 Å². The highest BCUT2D eigenvalue weighted by Gasteiger charge is 2.65. The van der Waals surface area contributed by atoms with Crippen molar-refractivity contribution in [1.82, 2.24) is 0 Å². The lowest BCUT2D eigenvalue weighted by atomic mass is 9.59. The number of rotatable bonds is 4. The highest BCUT2D eigenvalue weighted by molar-refractivity contribution is 6.32. The monoisotopic (exact) mass is 485 g/mol. The van der Waals surface area contributed by atoms with Crippen LogP contribution in [0, 0.1) is 11.8 Å². The van der Waals surface area contributed by atoms with E-state index in [-0.39, 0.29) is 10.8 Å². The van der Waals surface area contributed by atoms with E-state index >= 15 is 0 Å². The first-order valence-electron chi connectivity index (χ1n) is 11.3. The number of carbonyl (C=O) groups is 4. The number of benzene rings is 2. The number of Topliss-reactive ketones (excluding diaryl/α,β-unsaturated/α-hetero) is 3. The third-order valence-corrected chi connectivity index (χ3v) is 7.49. The normalized spacial score (nSPS) is 26.5. The van der Waals surface area contributed by atoms with Crippen LogP contribution in [0.2, 0.25) is 0 Å². The molecule has 4 rings (SSSR count). The van der Waals surface area contributed by atoms with Gasteiger partial charge in [0.15, 0.2) is 23.1 Å². The third-order valence-electron chi connectivity index (χ3n) is 7.49. The van der Waals surface area contributed by atoms with Crippen LogP contribution in [-0.2, 0) is 19.8 Å². The van der Waals surface area contributed by atoms with Crippen LogP contribution in [0.5, 0.6) is 17.2 Å². The molecule has 1 saturated carbocycles. The Balaban J connectivity index is 2.04. The fraction of sp³-hybridized carbons (Fsp3) is 0.440. The van der Waals surface area contributed by atoms with E-state index in [0.29, 0.717) is 12.0 Å². The SMILES string of the molecule is CCCC(C)(C)c1ccc2c(O)c3c(c(O)c2c1O)C(=O)[C@]1(O)C(=O)C(C(N)=O)C(=O)C[C@@H]1[C@H]3O. The van der Waals surface area contributed by atoms with Gasteiger partial charge >= 0.3 is 0 Å². The van der Waals surface area contributed by atoms with Crippen LogP contribution in [-0.4, -0.2) is 54.4 Å². The molecule has 2 aromatic carbocycles. The molecule has 10 nitrogen and oxygen atoms in total. The van der Waals surface area contributed by atoms with E-state index in [2.05, 4.69) is 0 Å². The summed E-state index contributed by atoms with van der Waals surface area (Å²) in [6.45, 7) is 5.70. The van der Waals surface area contributed by atoms with Gasteiger partial charge in [-0.05, 0) is 17.9 Å². The highest BCUT2D eigenvalue weighted by Crippen LogP contribution is 2.56. The molecule has 0 aromatic heterocycles. The Hall–Kier alpha value is -3.50. The minimum atomic E-state index is -3.05. The van der Waals surface area contributed by atoms with Crippen molar-refractivity contribution in [2.24, 2.45) is 17.6 Å². The molecular formula is C25H27NO9. The second kappa shape index (κ2) is 7.76. The quantitative estimate of drug-likeness (QED) is 0.273. The van der Waals surface area contributed by atoms with Gasteiger partial charge in [-0.25, -0.2) is 0 Å². The number of hydrogen-bond acceptors (Lipinski definition) is 9. The number of hydrogen-bond donors (Lipinski definition) is 6. The highest BCUT2D eigenvalue weighted by atomic mass is 16.3. The number of aromatic hydroxyl groups is 3. The average Bonchev–Trinajstić information content (AvgIpc) is 2.76.